The highest BCUT2D eigenvalue weighted by Gasteiger charge is 2.17. The predicted molar refractivity (Wildman–Crippen MR) is 60.9 cm³/mol. The van der Waals surface area contributed by atoms with Gasteiger partial charge in [0, 0.05) is 19.1 Å². The van der Waals surface area contributed by atoms with Gasteiger partial charge in [-0.3, -0.25) is 0 Å². The van der Waals surface area contributed by atoms with Gasteiger partial charge in [0.25, 0.3) is 0 Å². The van der Waals surface area contributed by atoms with Gasteiger partial charge in [0.05, 0.1) is 10.7 Å². The van der Waals surface area contributed by atoms with Gasteiger partial charge in [-0.25, -0.2) is 0 Å². The van der Waals surface area contributed by atoms with Crippen LogP contribution in [0, 0.1) is 0 Å². The number of hydrogen-bond donors (Lipinski definition) is 1. The van der Waals surface area contributed by atoms with Crippen LogP contribution in [0.1, 0.15) is 24.9 Å². The zero-order chi connectivity index (χ0) is 10.1. The lowest BCUT2D eigenvalue weighted by Crippen LogP contribution is -2.37. The molecule has 3 heteroatoms. The molecular formula is C11H15ClN2. The second kappa shape index (κ2) is 3.79. The van der Waals surface area contributed by atoms with E-state index >= 15 is 0 Å². The van der Waals surface area contributed by atoms with Crippen LogP contribution in [0.25, 0.3) is 0 Å². The van der Waals surface area contributed by atoms with Crippen LogP contribution in [0.15, 0.2) is 18.2 Å². The van der Waals surface area contributed by atoms with Crippen LogP contribution in [0.3, 0.4) is 0 Å². The molecular weight excluding hydrogens is 196 g/mol. The highest BCUT2D eigenvalue weighted by atomic mass is 35.5. The number of hydrogen-bond acceptors (Lipinski definition) is 2. The molecule has 1 atom stereocenters. The van der Waals surface area contributed by atoms with Crippen molar-refractivity contribution in [2.45, 2.75) is 19.4 Å². The third kappa shape index (κ3) is 1.72. The van der Waals surface area contributed by atoms with Crippen molar-refractivity contribution in [1.29, 1.82) is 0 Å². The molecule has 0 aliphatic carbocycles. The summed E-state index contributed by atoms with van der Waals surface area (Å²) in [4.78, 5) is 2.29. The minimum Gasteiger partial charge on any atom is -0.370 e. The number of rotatable bonds is 2. The first-order valence-corrected chi connectivity index (χ1v) is 5.36. The molecule has 1 aromatic rings. The smallest absolute Gasteiger partial charge is 0.0642 e. The fourth-order valence-electron chi connectivity index (χ4n) is 1.62. The van der Waals surface area contributed by atoms with E-state index in [1.165, 1.54) is 6.42 Å². The van der Waals surface area contributed by atoms with E-state index in [1.54, 1.807) is 0 Å². The maximum absolute atomic E-state index is 6.18. The van der Waals surface area contributed by atoms with Gasteiger partial charge < -0.3 is 10.6 Å². The van der Waals surface area contributed by atoms with E-state index in [9.17, 15) is 0 Å². The number of anilines is 1. The SMILES string of the molecule is C[C@@H](N)c1ccc(N2CCC2)c(Cl)c1. The van der Waals surface area contributed by atoms with Crippen LogP contribution in [-0.4, -0.2) is 13.1 Å². The van der Waals surface area contributed by atoms with Crippen molar-refractivity contribution < 1.29 is 0 Å². The first kappa shape index (κ1) is 9.81. The van der Waals surface area contributed by atoms with E-state index in [0.29, 0.717) is 0 Å². The second-order valence-electron chi connectivity index (χ2n) is 3.84. The molecule has 1 aromatic carbocycles. The van der Waals surface area contributed by atoms with Crippen molar-refractivity contribution in [3.8, 4) is 0 Å². The van der Waals surface area contributed by atoms with Crippen LogP contribution in [0.2, 0.25) is 5.02 Å². The van der Waals surface area contributed by atoms with E-state index in [-0.39, 0.29) is 6.04 Å². The zero-order valence-electron chi connectivity index (χ0n) is 8.33. The number of benzene rings is 1. The largest absolute Gasteiger partial charge is 0.370 e. The van der Waals surface area contributed by atoms with Crippen LogP contribution in [0.4, 0.5) is 5.69 Å². The number of nitrogens with two attached hydrogens (primary N) is 1. The highest BCUT2D eigenvalue weighted by Crippen LogP contribution is 2.31. The van der Waals surface area contributed by atoms with Gasteiger partial charge in [-0.1, -0.05) is 17.7 Å². The van der Waals surface area contributed by atoms with E-state index in [0.717, 1.165) is 29.4 Å². The highest BCUT2D eigenvalue weighted by molar-refractivity contribution is 6.33. The average Bonchev–Trinajstić information content (AvgIpc) is 2.04. The van der Waals surface area contributed by atoms with Gasteiger partial charge in [0.1, 0.15) is 0 Å². The van der Waals surface area contributed by atoms with Gasteiger partial charge in [0.2, 0.25) is 0 Å². The van der Waals surface area contributed by atoms with Gasteiger partial charge >= 0.3 is 0 Å². The standard InChI is InChI=1S/C11H15ClN2/c1-8(13)9-3-4-11(10(12)7-9)14-5-2-6-14/h3-4,7-8H,2,5-6,13H2,1H3/t8-/m1/s1. The van der Waals surface area contributed by atoms with Crippen LogP contribution in [-0.2, 0) is 0 Å². The van der Waals surface area contributed by atoms with Crippen molar-refractivity contribution >= 4 is 17.3 Å². The molecule has 1 fully saturated rings. The summed E-state index contributed by atoms with van der Waals surface area (Å²) in [5, 5.41) is 0.819. The van der Waals surface area contributed by atoms with E-state index in [2.05, 4.69) is 17.0 Å². The first-order chi connectivity index (χ1) is 6.68. The molecule has 0 saturated carbocycles. The molecule has 0 amide bonds. The molecule has 2 nitrogen and oxygen atoms in total. The Balaban J connectivity index is 2.26. The summed E-state index contributed by atoms with van der Waals surface area (Å²) in [5.41, 5.74) is 8.02. The molecule has 0 radical (unpaired) electrons. The van der Waals surface area contributed by atoms with Crippen molar-refractivity contribution in [2.24, 2.45) is 5.73 Å². The lowest BCUT2D eigenvalue weighted by Gasteiger charge is -2.34. The molecule has 1 aliphatic heterocycles. The monoisotopic (exact) mass is 210 g/mol. The zero-order valence-corrected chi connectivity index (χ0v) is 9.09. The van der Waals surface area contributed by atoms with Gasteiger partial charge in [-0.2, -0.15) is 0 Å². The quantitative estimate of drug-likeness (QED) is 0.813. The second-order valence-corrected chi connectivity index (χ2v) is 4.25. The van der Waals surface area contributed by atoms with E-state index in [4.69, 9.17) is 17.3 Å². The van der Waals surface area contributed by atoms with Gasteiger partial charge in [-0.05, 0) is 31.0 Å². The Hall–Kier alpha value is -0.730. The molecule has 0 aromatic heterocycles. The molecule has 0 spiro atoms. The van der Waals surface area contributed by atoms with Crippen molar-refractivity contribution in [1.82, 2.24) is 0 Å². The average molecular weight is 211 g/mol. The lowest BCUT2D eigenvalue weighted by molar-refractivity contribution is 0.617. The summed E-state index contributed by atoms with van der Waals surface area (Å²) < 4.78 is 0. The van der Waals surface area contributed by atoms with Gasteiger partial charge in [0.15, 0.2) is 0 Å². The molecule has 1 aliphatic rings. The molecule has 76 valence electrons. The minimum absolute atomic E-state index is 0.0536. The van der Waals surface area contributed by atoms with E-state index < -0.39 is 0 Å². The predicted octanol–water partition coefficient (Wildman–Crippen LogP) is 2.57. The molecule has 1 saturated heterocycles. The van der Waals surface area contributed by atoms with Crippen molar-refractivity contribution in [3.63, 3.8) is 0 Å². The minimum atomic E-state index is 0.0536. The molecule has 14 heavy (non-hydrogen) atoms. The molecule has 0 bridgehead atoms. The molecule has 1 heterocycles. The van der Waals surface area contributed by atoms with Crippen LogP contribution in [0.5, 0.6) is 0 Å². The summed E-state index contributed by atoms with van der Waals surface area (Å²) in [6, 6.07) is 6.16. The summed E-state index contributed by atoms with van der Waals surface area (Å²) in [5.74, 6) is 0. The Morgan fingerprint density at radius 1 is 1.43 bits per heavy atom. The molecule has 0 unspecified atom stereocenters. The molecule has 2 N–H and O–H groups in total. The summed E-state index contributed by atoms with van der Waals surface area (Å²) in [6.45, 7) is 4.21. The topological polar surface area (TPSA) is 29.3 Å². The first-order valence-electron chi connectivity index (χ1n) is 4.98. The summed E-state index contributed by atoms with van der Waals surface area (Å²) in [7, 11) is 0. The fraction of sp³-hybridized carbons (Fsp3) is 0.455. The Kier molecular flexibility index (Phi) is 2.66. The number of nitrogens with zero attached hydrogens (tertiary/aromatic N) is 1. The Bertz CT molecular complexity index is 332. The van der Waals surface area contributed by atoms with Gasteiger partial charge in [-0.15, -0.1) is 0 Å². The lowest BCUT2D eigenvalue weighted by atomic mass is 10.1. The normalized spacial score (nSPS) is 17.8. The van der Waals surface area contributed by atoms with Crippen molar-refractivity contribution in [3.05, 3.63) is 28.8 Å². The third-order valence-corrected chi connectivity index (χ3v) is 3.00. The maximum atomic E-state index is 6.18. The maximum Gasteiger partial charge on any atom is 0.0642 e. The Morgan fingerprint density at radius 3 is 2.57 bits per heavy atom. The summed E-state index contributed by atoms with van der Waals surface area (Å²) >= 11 is 6.18. The van der Waals surface area contributed by atoms with E-state index in [1.807, 2.05) is 13.0 Å². The number of halogens is 1. The van der Waals surface area contributed by atoms with Crippen LogP contribution < -0.4 is 10.6 Å². The fourth-order valence-corrected chi connectivity index (χ4v) is 1.93. The van der Waals surface area contributed by atoms with Crippen LogP contribution >= 0.6 is 11.6 Å². The van der Waals surface area contributed by atoms with Crippen molar-refractivity contribution in [2.75, 3.05) is 18.0 Å². The Labute approximate surface area is 89.7 Å². The molecule has 2 rings (SSSR count). The third-order valence-electron chi connectivity index (χ3n) is 2.69. The summed E-state index contributed by atoms with van der Waals surface area (Å²) in [6.07, 6.45) is 1.27. The Morgan fingerprint density at radius 2 is 2.14 bits per heavy atom.